The third kappa shape index (κ3) is 43.2. The van der Waals surface area contributed by atoms with Gasteiger partial charge in [-0.2, -0.15) is 0 Å². The summed E-state index contributed by atoms with van der Waals surface area (Å²) >= 11 is 0. The van der Waals surface area contributed by atoms with Gasteiger partial charge in [-0.15, -0.1) is 0 Å². The molecule has 3 atom stereocenters. The molecule has 0 saturated heterocycles. The van der Waals surface area contributed by atoms with Crippen LogP contribution in [0, 0.1) is 0 Å². The van der Waals surface area contributed by atoms with Crippen molar-refractivity contribution in [3.63, 3.8) is 0 Å². The first-order valence-corrected chi connectivity index (χ1v) is 26.5. The van der Waals surface area contributed by atoms with Crippen molar-refractivity contribution in [2.24, 2.45) is 0 Å². The van der Waals surface area contributed by atoms with Crippen molar-refractivity contribution in [3.05, 3.63) is 12.2 Å². The summed E-state index contributed by atoms with van der Waals surface area (Å²) in [6.45, 7) is 4.21. The number of carbonyl (C=O) groups is 1. The number of nitrogens with one attached hydrogen (secondary N) is 1. The van der Waals surface area contributed by atoms with Crippen molar-refractivity contribution in [3.8, 4) is 0 Å². The second kappa shape index (κ2) is 48.8. The Morgan fingerprint density at radius 2 is 0.672 bits per heavy atom. The van der Waals surface area contributed by atoms with Crippen molar-refractivity contribution in [2.45, 2.75) is 315 Å². The minimum absolute atomic E-state index is 0.359. The van der Waals surface area contributed by atoms with Crippen molar-refractivity contribution >= 4 is 5.91 Å². The van der Waals surface area contributed by atoms with Gasteiger partial charge in [0.05, 0.1) is 18.8 Å². The van der Waals surface area contributed by atoms with Crippen LogP contribution in [0.2, 0.25) is 0 Å². The smallest absolute Gasteiger partial charge is 0.249 e. The number of hydrogen-bond acceptors (Lipinski definition) is 4. The molecule has 0 aliphatic heterocycles. The fourth-order valence-corrected chi connectivity index (χ4v) is 8.48. The fraction of sp³-hybridized carbons (Fsp3) is 0.943. The summed E-state index contributed by atoms with van der Waals surface area (Å²) in [5, 5.41) is 33.3. The lowest BCUT2D eigenvalue weighted by molar-refractivity contribution is -0.131. The molecule has 5 nitrogen and oxygen atoms in total. The third-order valence-corrected chi connectivity index (χ3v) is 12.6. The lowest BCUT2D eigenvalue weighted by Crippen LogP contribution is -2.48. The highest BCUT2D eigenvalue weighted by atomic mass is 16.3. The van der Waals surface area contributed by atoms with E-state index in [0.717, 1.165) is 32.1 Å². The number of aliphatic hydroxyl groups is 3. The molecule has 0 bridgehead atoms. The highest BCUT2D eigenvalue weighted by molar-refractivity contribution is 5.80. The lowest BCUT2D eigenvalue weighted by atomic mass is 10.0. The molecule has 0 saturated carbocycles. The first kappa shape index (κ1) is 57.1. The standard InChI is InChI=1S/C53H105NO4/c1-3-5-7-9-11-13-15-17-19-21-22-23-24-25-26-27-28-29-30-31-32-34-36-38-40-42-44-46-48-52(57)53(58)54-50(49-55)51(56)47-45-43-41-39-37-35-33-20-18-16-14-12-10-8-6-4-2/h45,47,50-52,55-57H,3-44,46,48-49H2,1-2H3,(H,54,58)/b47-45+. The maximum absolute atomic E-state index is 12.5. The van der Waals surface area contributed by atoms with E-state index in [0.29, 0.717) is 6.42 Å². The molecule has 0 aliphatic carbocycles. The highest BCUT2D eigenvalue weighted by Gasteiger charge is 2.22. The average molecular weight is 820 g/mol. The lowest BCUT2D eigenvalue weighted by Gasteiger charge is -2.21. The van der Waals surface area contributed by atoms with E-state index in [9.17, 15) is 20.1 Å². The van der Waals surface area contributed by atoms with Gasteiger partial charge in [0.25, 0.3) is 0 Å². The number of aliphatic hydroxyl groups excluding tert-OH is 3. The highest BCUT2D eigenvalue weighted by Crippen LogP contribution is 2.18. The quantitative estimate of drug-likeness (QED) is 0.0364. The predicted octanol–water partition coefficient (Wildman–Crippen LogP) is 15.9. The Morgan fingerprint density at radius 1 is 0.414 bits per heavy atom. The van der Waals surface area contributed by atoms with E-state index in [1.807, 2.05) is 6.08 Å². The first-order chi connectivity index (χ1) is 28.6. The second-order valence-corrected chi connectivity index (χ2v) is 18.5. The second-order valence-electron chi connectivity index (χ2n) is 18.5. The number of amides is 1. The van der Waals surface area contributed by atoms with Gasteiger partial charge >= 0.3 is 0 Å². The normalized spacial score (nSPS) is 13.4. The van der Waals surface area contributed by atoms with Crippen LogP contribution >= 0.6 is 0 Å². The average Bonchev–Trinajstić information content (AvgIpc) is 3.23. The van der Waals surface area contributed by atoms with Crippen molar-refractivity contribution in [2.75, 3.05) is 6.61 Å². The number of hydrogen-bond donors (Lipinski definition) is 4. The molecule has 5 heteroatoms. The van der Waals surface area contributed by atoms with Gasteiger partial charge in [0.1, 0.15) is 6.10 Å². The zero-order valence-electron chi connectivity index (χ0n) is 39.5. The third-order valence-electron chi connectivity index (χ3n) is 12.6. The Morgan fingerprint density at radius 3 is 0.948 bits per heavy atom. The molecule has 4 N–H and O–H groups in total. The van der Waals surface area contributed by atoms with Crippen LogP contribution in [0.5, 0.6) is 0 Å². The SMILES string of the molecule is CCCCCCCCCCCCCCCC/C=C/C(O)C(CO)NC(=O)C(O)CCCCCCCCCCCCCCCCCCCCCCCCCCCCCC. The Bertz CT molecular complexity index is 818. The summed E-state index contributed by atoms with van der Waals surface area (Å²) < 4.78 is 0. The van der Waals surface area contributed by atoms with E-state index < -0.39 is 24.2 Å². The van der Waals surface area contributed by atoms with E-state index in [4.69, 9.17) is 0 Å². The molecule has 0 rings (SSSR count). The van der Waals surface area contributed by atoms with Gasteiger partial charge in [-0.3, -0.25) is 4.79 Å². The van der Waals surface area contributed by atoms with Crippen LogP contribution < -0.4 is 5.32 Å². The van der Waals surface area contributed by atoms with Gasteiger partial charge in [0, 0.05) is 0 Å². The molecular weight excluding hydrogens is 715 g/mol. The molecule has 0 radical (unpaired) electrons. The topological polar surface area (TPSA) is 89.8 Å². The van der Waals surface area contributed by atoms with Crippen LogP contribution in [0.4, 0.5) is 0 Å². The maximum atomic E-state index is 12.5. The molecule has 1 amide bonds. The van der Waals surface area contributed by atoms with Gasteiger partial charge in [0.15, 0.2) is 0 Å². The summed E-state index contributed by atoms with van der Waals surface area (Å²) in [5.74, 6) is -0.497. The molecule has 0 aromatic carbocycles. The number of allylic oxidation sites excluding steroid dienone is 1. The van der Waals surface area contributed by atoms with Crippen LogP contribution in [0.15, 0.2) is 12.2 Å². The summed E-state index contributed by atoms with van der Waals surface area (Å²) in [6, 6.07) is -0.793. The van der Waals surface area contributed by atoms with Crippen molar-refractivity contribution in [1.29, 1.82) is 0 Å². The Hall–Kier alpha value is -0.910. The fourth-order valence-electron chi connectivity index (χ4n) is 8.48. The van der Waals surface area contributed by atoms with Gasteiger partial charge in [-0.1, -0.05) is 289 Å². The van der Waals surface area contributed by atoms with Crippen LogP contribution in [-0.2, 0) is 4.79 Å². The Labute approximate surface area is 363 Å². The molecule has 0 fully saturated rings. The van der Waals surface area contributed by atoms with Crippen LogP contribution in [0.25, 0.3) is 0 Å². The zero-order valence-corrected chi connectivity index (χ0v) is 39.5. The number of carbonyl (C=O) groups excluding carboxylic acids is 1. The molecule has 3 unspecified atom stereocenters. The molecule has 0 aliphatic rings. The van der Waals surface area contributed by atoms with E-state index in [1.165, 1.54) is 244 Å². The summed E-state index contributed by atoms with van der Waals surface area (Å²) in [4.78, 5) is 12.5. The molecule has 0 aromatic rings. The van der Waals surface area contributed by atoms with Crippen LogP contribution in [-0.4, -0.2) is 46.1 Å². The zero-order chi connectivity index (χ0) is 42.3. The summed E-state index contributed by atoms with van der Waals surface area (Å²) in [7, 11) is 0. The van der Waals surface area contributed by atoms with E-state index in [1.54, 1.807) is 6.08 Å². The molecule has 58 heavy (non-hydrogen) atoms. The van der Waals surface area contributed by atoms with Gasteiger partial charge in [-0.25, -0.2) is 0 Å². The first-order valence-electron chi connectivity index (χ1n) is 26.5. The monoisotopic (exact) mass is 820 g/mol. The molecular formula is C53H105NO4. The van der Waals surface area contributed by atoms with Crippen LogP contribution in [0.1, 0.15) is 296 Å². The molecule has 0 aromatic heterocycles. The largest absolute Gasteiger partial charge is 0.394 e. The molecule has 346 valence electrons. The van der Waals surface area contributed by atoms with Gasteiger partial charge in [-0.05, 0) is 19.3 Å². The van der Waals surface area contributed by atoms with Crippen LogP contribution in [0.3, 0.4) is 0 Å². The van der Waals surface area contributed by atoms with E-state index in [2.05, 4.69) is 19.2 Å². The summed E-state index contributed by atoms with van der Waals surface area (Å²) in [6.07, 6.45) is 59.9. The Balaban J connectivity index is 3.52. The maximum Gasteiger partial charge on any atom is 0.249 e. The Kier molecular flexibility index (Phi) is 48.0. The molecule has 0 heterocycles. The van der Waals surface area contributed by atoms with Gasteiger partial charge in [0.2, 0.25) is 5.91 Å². The summed E-state index contributed by atoms with van der Waals surface area (Å²) in [5.41, 5.74) is 0. The molecule has 0 spiro atoms. The predicted molar refractivity (Wildman–Crippen MR) is 255 cm³/mol. The van der Waals surface area contributed by atoms with Crippen molar-refractivity contribution < 1.29 is 20.1 Å². The van der Waals surface area contributed by atoms with E-state index in [-0.39, 0.29) is 6.61 Å². The number of unbranched alkanes of at least 4 members (excludes halogenated alkanes) is 41. The minimum Gasteiger partial charge on any atom is -0.394 e. The minimum atomic E-state index is -1.09. The van der Waals surface area contributed by atoms with E-state index >= 15 is 0 Å². The van der Waals surface area contributed by atoms with Gasteiger partial charge < -0.3 is 20.6 Å². The van der Waals surface area contributed by atoms with Crippen molar-refractivity contribution in [1.82, 2.24) is 5.32 Å². The number of rotatable bonds is 49.